The highest BCUT2D eigenvalue weighted by atomic mass is 16.6. The van der Waals surface area contributed by atoms with Crippen LogP contribution in [0.5, 0.6) is 0 Å². The molecule has 1 aliphatic carbocycles. The monoisotopic (exact) mass is 258 g/mol. The first-order chi connectivity index (χ1) is 8.19. The van der Waals surface area contributed by atoms with E-state index in [4.69, 9.17) is 10.5 Å². The summed E-state index contributed by atoms with van der Waals surface area (Å²) >= 11 is 0. The molecule has 0 aromatic heterocycles. The van der Waals surface area contributed by atoms with Gasteiger partial charge in [-0.15, -0.1) is 0 Å². The van der Waals surface area contributed by atoms with Crippen LogP contribution in [0.4, 0.5) is 4.79 Å². The highest BCUT2D eigenvalue weighted by molar-refractivity contribution is 5.76. The second kappa shape index (κ2) is 5.56. The normalized spacial score (nSPS) is 28.6. The summed E-state index contributed by atoms with van der Waals surface area (Å²) in [6, 6.07) is -0.379. The van der Waals surface area contributed by atoms with Crippen molar-refractivity contribution in [2.75, 3.05) is 0 Å². The number of primary amides is 1. The minimum atomic E-state index is -0.760. The lowest BCUT2D eigenvalue weighted by atomic mass is 9.83. The van der Waals surface area contributed by atoms with Crippen molar-refractivity contribution in [2.45, 2.75) is 57.8 Å². The van der Waals surface area contributed by atoms with E-state index < -0.39 is 23.7 Å². The molecule has 0 unspecified atom stereocenters. The first-order valence-corrected chi connectivity index (χ1v) is 6.16. The molecule has 18 heavy (non-hydrogen) atoms. The molecule has 1 fully saturated rings. The molecule has 6 heteroatoms. The lowest BCUT2D eigenvalue weighted by Gasteiger charge is -2.32. The van der Waals surface area contributed by atoms with Gasteiger partial charge in [-0.1, -0.05) is 0 Å². The smallest absolute Gasteiger partial charge is 0.407 e. The zero-order valence-electron chi connectivity index (χ0n) is 11.1. The van der Waals surface area contributed by atoms with E-state index in [0.29, 0.717) is 12.8 Å². The van der Waals surface area contributed by atoms with Gasteiger partial charge in [-0.2, -0.15) is 0 Å². The summed E-state index contributed by atoms with van der Waals surface area (Å²) in [4.78, 5) is 22.6. The maximum atomic E-state index is 11.6. The number of amides is 2. The van der Waals surface area contributed by atoms with Crippen LogP contribution in [0.1, 0.15) is 40.0 Å². The molecule has 3 atom stereocenters. The minimum absolute atomic E-state index is 0.287. The van der Waals surface area contributed by atoms with Gasteiger partial charge in [0.15, 0.2) is 0 Å². The predicted molar refractivity (Wildman–Crippen MR) is 65.7 cm³/mol. The Hall–Kier alpha value is -1.30. The van der Waals surface area contributed by atoms with Crippen LogP contribution in [0.25, 0.3) is 0 Å². The molecule has 0 aromatic rings. The molecule has 0 bridgehead atoms. The van der Waals surface area contributed by atoms with Crippen LogP contribution in [-0.2, 0) is 9.53 Å². The van der Waals surface area contributed by atoms with E-state index in [-0.39, 0.29) is 18.4 Å². The van der Waals surface area contributed by atoms with Crippen molar-refractivity contribution in [1.29, 1.82) is 0 Å². The van der Waals surface area contributed by atoms with E-state index in [0.717, 1.165) is 0 Å². The highest BCUT2D eigenvalue weighted by Gasteiger charge is 2.33. The molecule has 1 aliphatic rings. The Bertz CT molecular complexity index is 325. The van der Waals surface area contributed by atoms with Crippen molar-refractivity contribution in [1.82, 2.24) is 5.32 Å². The van der Waals surface area contributed by atoms with Crippen LogP contribution in [0.3, 0.4) is 0 Å². The van der Waals surface area contributed by atoms with Crippen molar-refractivity contribution in [3.8, 4) is 0 Å². The summed E-state index contributed by atoms with van der Waals surface area (Å²) in [7, 11) is 0. The summed E-state index contributed by atoms with van der Waals surface area (Å²) in [5.74, 6) is -0.707. The zero-order chi connectivity index (χ0) is 13.9. The third-order valence-corrected chi connectivity index (χ3v) is 2.92. The van der Waals surface area contributed by atoms with Crippen LogP contribution < -0.4 is 11.1 Å². The molecule has 0 aliphatic heterocycles. The Kier molecular flexibility index (Phi) is 4.56. The fourth-order valence-corrected chi connectivity index (χ4v) is 2.03. The number of rotatable bonds is 2. The van der Waals surface area contributed by atoms with Gasteiger partial charge in [0.2, 0.25) is 5.91 Å². The van der Waals surface area contributed by atoms with Gasteiger partial charge in [0.05, 0.1) is 12.1 Å². The molecule has 0 radical (unpaired) electrons. The number of alkyl carbamates (subject to hydrolysis) is 1. The average molecular weight is 258 g/mol. The van der Waals surface area contributed by atoms with E-state index in [9.17, 15) is 14.7 Å². The van der Waals surface area contributed by atoms with Gasteiger partial charge >= 0.3 is 6.09 Å². The molecule has 0 aromatic carbocycles. The zero-order valence-corrected chi connectivity index (χ0v) is 11.1. The van der Waals surface area contributed by atoms with Crippen molar-refractivity contribution in [3.63, 3.8) is 0 Å². The first-order valence-electron chi connectivity index (χ1n) is 6.16. The number of carbonyl (C=O) groups is 2. The fourth-order valence-electron chi connectivity index (χ4n) is 2.03. The molecule has 1 saturated carbocycles. The third-order valence-electron chi connectivity index (χ3n) is 2.92. The van der Waals surface area contributed by atoms with Gasteiger partial charge in [0, 0.05) is 5.92 Å². The molecule has 0 heterocycles. The molecule has 1 rings (SSSR count). The molecule has 0 spiro atoms. The Morgan fingerprint density at radius 1 is 1.33 bits per heavy atom. The molecule has 2 amide bonds. The van der Waals surface area contributed by atoms with Crippen molar-refractivity contribution in [2.24, 2.45) is 11.7 Å². The standard InChI is InChI=1S/C12H22N2O4/c1-12(2,3)18-11(17)14-8-5-4-7(10(13)16)6-9(8)15/h7-9,15H,4-6H2,1-3H3,(H2,13,16)(H,14,17)/t7-,8-,9-/m0/s1. The van der Waals surface area contributed by atoms with Gasteiger partial charge < -0.3 is 20.9 Å². The van der Waals surface area contributed by atoms with Crippen LogP contribution >= 0.6 is 0 Å². The van der Waals surface area contributed by atoms with Crippen LogP contribution in [0, 0.1) is 5.92 Å². The highest BCUT2D eigenvalue weighted by Crippen LogP contribution is 2.24. The largest absolute Gasteiger partial charge is 0.444 e. The lowest BCUT2D eigenvalue weighted by molar-refractivity contribution is -0.124. The molecule has 104 valence electrons. The first kappa shape index (κ1) is 14.8. The van der Waals surface area contributed by atoms with Crippen molar-refractivity contribution < 1.29 is 19.4 Å². The van der Waals surface area contributed by atoms with Crippen LogP contribution in [-0.4, -0.2) is 34.9 Å². The number of hydrogen-bond donors (Lipinski definition) is 3. The number of aliphatic hydroxyl groups excluding tert-OH is 1. The number of nitrogens with two attached hydrogens (primary N) is 1. The van der Waals surface area contributed by atoms with E-state index in [2.05, 4.69) is 5.32 Å². The van der Waals surface area contributed by atoms with Crippen molar-refractivity contribution in [3.05, 3.63) is 0 Å². The van der Waals surface area contributed by atoms with Gasteiger partial charge in [-0.25, -0.2) is 4.79 Å². The maximum Gasteiger partial charge on any atom is 0.407 e. The van der Waals surface area contributed by atoms with Gasteiger partial charge in [0.1, 0.15) is 5.60 Å². The van der Waals surface area contributed by atoms with E-state index in [1.807, 2.05) is 0 Å². The summed E-state index contributed by atoms with van der Waals surface area (Å²) in [6.07, 6.45) is 0.0734. The molecular formula is C12H22N2O4. The fraction of sp³-hybridized carbons (Fsp3) is 0.833. The van der Waals surface area contributed by atoms with Gasteiger partial charge in [-0.3, -0.25) is 4.79 Å². The minimum Gasteiger partial charge on any atom is -0.444 e. The van der Waals surface area contributed by atoms with Crippen LogP contribution in [0.15, 0.2) is 0 Å². The molecule has 6 nitrogen and oxygen atoms in total. The topological polar surface area (TPSA) is 102 Å². The number of ether oxygens (including phenoxy) is 1. The number of nitrogens with one attached hydrogen (secondary N) is 1. The summed E-state index contributed by atoms with van der Waals surface area (Å²) < 4.78 is 5.11. The number of aliphatic hydroxyl groups is 1. The predicted octanol–water partition coefficient (Wildman–Crippen LogP) is 0.526. The SMILES string of the molecule is CC(C)(C)OC(=O)N[C@H]1CC[C@H](C(N)=O)C[C@@H]1O. The Morgan fingerprint density at radius 2 is 1.94 bits per heavy atom. The van der Waals surface area contributed by atoms with Gasteiger partial charge in [-0.05, 0) is 40.0 Å². The summed E-state index contributed by atoms with van der Waals surface area (Å²) in [5.41, 5.74) is 4.63. The maximum absolute atomic E-state index is 11.6. The van der Waals surface area contributed by atoms with Gasteiger partial charge in [0.25, 0.3) is 0 Å². The Labute approximate surface area is 107 Å². The van der Waals surface area contributed by atoms with E-state index in [1.54, 1.807) is 20.8 Å². The Morgan fingerprint density at radius 3 is 2.39 bits per heavy atom. The quantitative estimate of drug-likeness (QED) is 0.672. The van der Waals surface area contributed by atoms with Crippen molar-refractivity contribution >= 4 is 12.0 Å². The second-order valence-electron chi connectivity index (χ2n) is 5.73. The second-order valence-corrected chi connectivity index (χ2v) is 5.73. The summed E-state index contributed by atoms with van der Waals surface area (Å²) in [6.45, 7) is 5.31. The average Bonchev–Trinajstić information content (AvgIpc) is 2.17. The Balaban J connectivity index is 2.45. The summed E-state index contributed by atoms with van der Waals surface area (Å²) in [5, 5.41) is 12.5. The van der Waals surface area contributed by atoms with E-state index in [1.165, 1.54) is 0 Å². The third kappa shape index (κ3) is 4.52. The van der Waals surface area contributed by atoms with E-state index >= 15 is 0 Å². The molecule has 0 saturated heterocycles. The molecule has 4 N–H and O–H groups in total. The number of hydrogen-bond acceptors (Lipinski definition) is 4. The lowest BCUT2D eigenvalue weighted by Crippen LogP contribution is -2.49. The van der Waals surface area contributed by atoms with Crippen LogP contribution in [0.2, 0.25) is 0 Å². The molecular weight excluding hydrogens is 236 g/mol. The number of carbonyl (C=O) groups excluding carboxylic acids is 2.